The summed E-state index contributed by atoms with van der Waals surface area (Å²) in [6.07, 6.45) is 0.228. The molecule has 114 valence electrons. The number of carboxylic acid groups (broad SMARTS) is 1. The van der Waals surface area contributed by atoms with E-state index in [0.29, 0.717) is 6.07 Å². The number of carbonyl (C=O) groups excluding carboxylic acids is 1. The molecule has 0 aliphatic heterocycles. The number of halogens is 1. The molecule has 1 rings (SSSR count). The molecule has 0 spiro atoms. The fourth-order valence-electron chi connectivity index (χ4n) is 1.41. The fraction of sp³-hybridized carbons (Fsp3) is 0.333. The third-order valence-electron chi connectivity index (χ3n) is 2.70. The number of carbonyl (C=O) groups is 2. The van der Waals surface area contributed by atoms with Crippen LogP contribution in [-0.4, -0.2) is 28.6 Å². The normalized spacial score (nSPS) is 11.5. The van der Waals surface area contributed by atoms with Crippen LogP contribution in [0.25, 0.3) is 0 Å². The molecule has 1 unspecified atom stereocenters. The van der Waals surface area contributed by atoms with Crippen LogP contribution in [0.2, 0.25) is 0 Å². The first kappa shape index (κ1) is 16.3. The van der Waals surface area contributed by atoms with Crippen molar-refractivity contribution in [2.24, 2.45) is 5.92 Å². The highest BCUT2D eigenvalue weighted by molar-refractivity contribution is 5.89. The van der Waals surface area contributed by atoms with Gasteiger partial charge in [-0.2, -0.15) is 0 Å². The number of carboxylic acids is 1. The van der Waals surface area contributed by atoms with E-state index in [2.05, 4.69) is 10.6 Å². The van der Waals surface area contributed by atoms with Gasteiger partial charge in [-0.05, 0) is 12.5 Å². The minimum atomic E-state index is -0.973. The number of urea groups is 1. The zero-order chi connectivity index (χ0) is 16.0. The van der Waals surface area contributed by atoms with Crippen LogP contribution in [0.5, 0.6) is 0 Å². The van der Waals surface area contributed by atoms with Gasteiger partial charge in [0.15, 0.2) is 5.82 Å². The quantitative estimate of drug-likeness (QED) is 0.547. The largest absolute Gasteiger partial charge is 0.481 e. The maximum absolute atomic E-state index is 13.5. The zero-order valence-electron chi connectivity index (χ0n) is 11.1. The molecule has 0 aliphatic carbocycles. The lowest BCUT2D eigenvalue weighted by Crippen LogP contribution is -2.31. The predicted molar refractivity (Wildman–Crippen MR) is 71.5 cm³/mol. The molecule has 0 fully saturated rings. The molecule has 0 aliphatic rings. The summed E-state index contributed by atoms with van der Waals surface area (Å²) < 4.78 is 13.5. The van der Waals surface area contributed by atoms with E-state index in [1.54, 1.807) is 0 Å². The molecule has 0 bridgehead atoms. The van der Waals surface area contributed by atoms with Gasteiger partial charge in [0.05, 0.1) is 22.6 Å². The topological polar surface area (TPSA) is 122 Å². The number of aliphatic carboxylic acids is 1. The number of benzene rings is 1. The van der Waals surface area contributed by atoms with Crippen LogP contribution in [0.4, 0.5) is 20.6 Å². The lowest BCUT2D eigenvalue weighted by Gasteiger charge is -2.09. The second-order valence-corrected chi connectivity index (χ2v) is 4.33. The van der Waals surface area contributed by atoms with Crippen LogP contribution < -0.4 is 10.6 Å². The highest BCUT2D eigenvalue weighted by Gasteiger charge is 2.13. The predicted octanol–water partition coefficient (Wildman–Crippen LogP) is 1.97. The van der Waals surface area contributed by atoms with Crippen LogP contribution in [-0.2, 0) is 4.79 Å². The Morgan fingerprint density at radius 3 is 2.67 bits per heavy atom. The van der Waals surface area contributed by atoms with Gasteiger partial charge >= 0.3 is 12.0 Å². The fourth-order valence-corrected chi connectivity index (χ4v) is 1.41. The lowest BCUT2D eigenvalue weighted by molar-refractivity contribution is -0.385. The molecule has 3 N–H and O–H groups in total. The van der Waals surface area contributed by atoms with Crippen molar-refractivity contribution in [1.29, 1.82) is 0 Å². The molecule has 2 amide bonds. The Bertz CT molecular complexity index is 564. The molecule has 1 aromatic rings. The summed E-state index contributed by atoms with van der Waals surface area (Å²) >= 11 is 0. The summed E-state index contributed by atoms with van der Waals surface area (Å²) in [5.41, 5.74) is -0.627. The SMILES string of the molecule is CC(CCNC(=O)Nc1ccc([N+](=O)[O-])cc1F)C(=O)O. The molecule has 0 saturated heterocycles. The van der Waals surface area contributed by atoms with Gasteiger partial charge in [0.1, 0.15) is 0 Å². The third kappa shape index (κ3) is 5.05. The van der Waals surface area contributed by atoms with Crippen LogP contribution in [0.1, 0.15) is 13.3 Å². The number of hydrogen-bond acceptors (Lipinski definition) is 4. The van der Waals surface area contributed by atoms with Crippen LogP contribution in [0, 0.1) is 21.8 Å². The first-order chi connectivity index (χ1) is 9.81. The monoisotopic (exact) mass is 299 g/mol. The second kappa shape index (κ2) is 7.17. The molecule has 0 radical (unpaired) electrons. The number of nitro benzene ring substituents is 1. The molecule has 0 aromatic heterocycles. The Kier molecular flexibility index (Phi) is 5.58. The average molecular weight is 299 g/mol. The molecule has 1 aromatic carbocycles. The van der Waals surface area contributed by atoms with E-state index < -0.39 is 34.3 Å². The molecular formula is C12H14FN3O5. The van der Waals surface area contributed by atoms with Gasteiger partial charge in [0, 0.05) is 12.6 Å². The van der Waals surface area contributed by atoms with Crippen molar-refractivity contribution in [3.05, 3.63) is 34.1 Å². The molecule has 0 heterocycles. The molecule has 1 atom stereocenters. The number of non-ortho nitro benzene ring substituents is 1. The van der Waals surface area contributed by atoms with Gasteiger partial charge in [0.2, 0.25) is 0 Å². The van der Waals surface area contributed by atoms with E-state index >= 15 is 0 Å². The van der Waals surface area contributed by atoms with E-state index in [1.807, 2.05) is 0 Å². The van der Waals surface area contributed by atoms with Crippen molar-refractivity contribution < 1.29 is 24.0 Å². The van der Waals surface area contributed by atoms with Crippen molar-refractivity contribution in [2.75, 3.05) is 11.9 Å². The van der Waals surface area contributed by atoms with E-state index in [1.165, 1.54) is 6.92 Å². The summed E-state index contributed by atoms with van der Waals surface area (Å²) in [6.45, 7) is 1.60. The molecular weight excluding hydrogens is 285 g/mol. The first-order valence-corrected chi connectivity index (χ1v) is 6.03. The molecule has 9 heteroatoms. The zero-order valence-corrected chi connectivity index (χ0v) is 11.1. The maximum atomic E-state index is 13.5. The Morgan fingerprint density at radius 2 is 2.14 bits per heavy atom. The van der Waals surface area contributed by atoms with Gasteiger partial charge < -0.3 is 15.7 Å². The number of nitrogens with zero attached hydrogens (tertiary/aromatic N) is 1. The van der Waals surface area contributed by atoms with Gasteiger partial charge in [0.25, 0.3) is 5.69 Å². The van der Waals surface area contributed by atoms with Gasteiger partial charge in [-0.3, -0.25) is 14.9 Å². The van der Waals surface area contributed by atoms with E-state index in [9.17, 15) is 24.1 Å². The average Bonchev–Trinajstić information content (AvgIpc) is 2.40. The number of amides is 2. The summed E-state index contributed by atoms with van der Waals surface area (Å²) in [6, 6.07) is 2.11. The standard InChI is InChI=1S/C12H14FN3O5/c1-7(11(17)18)4-5-14-12(19)15-10-3-2-8(16(20)21)6-9(10)13/h2-3,6-7H,4-5H2,1H3,(H,17,18)(H2,14,15,19). The van der Waals surface area contributed by atoms with E-state index in [-0.39, 0.29) is 18.7 Å². The van der Waals surface area contributed by atoms with E-state index in [4.69, 9.17) is 5.11 Å². The molecule has 21 heavy (non-hydrogen) atoms. The number of nitrogens with one attached hydrogen (secondary N) is 2. The van der Waals surface area contributed by atoms with Crippen molar-refractivity contribution in [3.63, 3.8) is 0 Å². The Labute approximate surface area is 119 Å². The number of anilines is 1. The van der Waals surface area contributed by atoms with E-state index in [0.717, 1.165) is 12.1 Å². The Morgan fingerprint density at radius 1 is 1.48 bits per heavy atom. The minimum Gasteiger partial charge on any atom is -0.481 e. The van der Waals surface area contributed by atoms with Crippen LogP contribution >= 0.6 is 0 Å². The minimum absolute atomic E-state index is 0.105. The highest BCUT2D eigenvalue weighted by atomic mass is 19.1. The molecule has 0 saturated carbocycles. The number of hydrogen-bond donors (Lipinski definition) is 3. The highest BCUT2D eigenvalue weighted by Crippen LogP contribution is 2.20. The summed E-state index contributed by atoms with van der Waals surface area (Å²) in [4.78, 5) is 31.7. The summed E-state index contributed by atoms with van der Waals surface area (Å²) in [5, 5.41) is 23.6. The van der Waals surface area contributed by atoms with Crippen LogP contribution in [0.15, 0.2) is 18.2 Å². The van der Waals surface area contributed by atoms with Crippen molar-refractivity contribution in [1.82, 2.24) is 5.32 Å². The molecule has 8 nitrogen and oxygen atoms in total. The van der Waals surface area contributed by atoms with Gasteiger partial charge in [-0.1, -0.05) is 6.92 Å². The summed E-state index contributed by atoms with van der Waals surface area (Å²) in [7, 11) is 0. The smallest absolute Gasteiger partial charge is 0.319 e. The number of nitro groups is 1. The number of rotatable bonds is 6. The Balaban J connectivity index is 2.52. The van der Waals surface area contributed by atoms with Crippen molar-refractivity contribution in [2.45, 2.75) is 13.3 Å². The second-order valence-electron chi connectivity index (χ2n) is 4.33. The van der Waals surface area contributed by atoms with Gasteiger partial charge in [-0.15, -0.1) is 0 Å². The third-order valence-corrected chi connectivity index (χ3v) is 2.70. The van der Waals surface area contributed by atoms with Crippen LogP contribution in [0.3, 0.4) is 0 Å². The Hall–Kier alpha value is -2.71. The van der Waals surface area contributed by atoms with Crippen molar-refractivity contribution >= 4 is 23.4 Å². The first-order valence-electron chi connectivity index (χ1n) is 6.03. The summed E-state index contributed by atoms with van der Waals surface area (Å²) in [5.74, 6) is -2.52. The lowest BCUT2D eigenvalue weighted by atomic mass is 10.1. The van der Waals surface area contributed by atoms with Crippen molar-refractivity contribution in [3.8, 4) is 0 Å². The maximum Gasteiger partial charge on any atom is 0.319 e. The van der Waals surface area contributed by atoms with Gasteiger partial charge in [-0.25, -0.2) is 9.18 Å².